The van der Waals surface area contributed by atoms with Gasteiger partial charge in [0, 0.05) is 30.9 Å². The average Bonchev–Trinajstić information content (AvgIpc) is 2.38. The Balaban J connectivity index is 1.97. The smallest absolute Gasteiger partial charge is 0.0418 e. The number of nitrogens with zero attached hydrogens (tertiary/aromatic N) is 1. The Morgan fingerprint density at radius 1 is 1.32 bits per heavy atom. The summed E-state index contributed by atoms with van der Waals surface area (Å²) in [4.78, 5) is 2.26. The second kappa shape index (κ2) is 5.93. The van der Waals surface area contributed by atoms with E-state index in [1.54, 1.807) is 0 Å². The number of aryl methyl sites for hydroxylation is 1. The lowest BCUT2D eigenvalue weighted by molar-refractivity contribution is 0.190. The van der Waals surface area contributed by atoms with Gasteiger partial charge in [-0.15, -0.1) is 0 Å². The molecule has 0 atom stereocenters. The molecule has 0 unspecified atom stereocenters. The van der Waals surface area contributed by atoms with Crippen LogP contribution in [0.2, 0.25) is 0 Å². The van der Waals surface area contributed by atoms with Crippen LogP contribution in [-0.4, -0.2) is 37.6 Å². The number of rotatable bonds is 5. The minimum atomic E-state index is 0.183. The quantitative estimate of drug-likeness (QED) is 0.852. The van der Waals surface area contributed by atoms with Gasteiger partial charge in [-0.1, -0.05) is 18.2 Å². The maximum absolute atomic E-state index is 3.59. The molecular formula is C16H27N3. The van der Waals surface area contributed by atoms with Crippen molar-refractivity contribution in [2.24, 2.45) is 0 Å². The third-order valence-corrected chi connectivity index (χ3v) is 4.25. The van der Waals surface area contributed by atoms with Crippen molar-refractivity contribution >= 4 is 5.69 Å². The second-order valence-corrected chi connectivity index (χ2v) is 6.29. The molecule has 1 aliphatic heterocycles. The molecule has 3 nitrogen and oxygen atoms in total. The van der Waals surface area contributed by atoms with Gasteiger partial charge in [0.1, 0.15) is 0 Å². The minimum Gasteiger partial charge on any atom is -0.385 e. The van der Waals surface area contributed by atoms with Crippen LogP contribution in [0.1, 0.15) is 31.4 Å². The zero-order chi connectivity index (χ0) is 13.9. The summed E-state index contributed by atoms with van der Waals surface area (Å²) in [6, 6.07) is 6.65. The van der Waals surface area contributed by atoms with E-state index in [9.17, 15) is 0 Å². The fourth-order valence-corrected chi connectivity index (χ4v) is 2.39. The van der Waals surface area contributed by atoms with Crippen molar-refractivity contribution in [2.45, 2.75) is 38.8 Å². The molecule has 3 heteroatoms. The van der Waals surface area contributed by atoms with E-state index in [1.807, 2.05) is 0 Å². The summed E-state index contributed by atoms with van der Waals surface area (Å²) >= 11 is 0. The van der Waals surface area contributed by atoms with Crippen molar-refractivity contribution in [1.29, 1.82) is 0 Å². The molecular weight excluding hydrogens is 234 g/mol. The lowest BCUT2D eigenvalue weighted by Crippen LogP contribution is -2.46. The first-order valence-corrected chi connectivity index (χ1v) is 7.23. The number of likely N-dealkylation sites (N-methyl/N-ethyl adjacent to an activating group) is 1. The van der Waals surface area contributed by atoms with E-state index in [-0.39, 0.29) is 5.54 Å². The Bertz CT molecular complexity index is 424. The highest BCUT2D eigenvalue weighted by molar-refractivity contribution is 5.59. The largest absolute Gasteiger partial charge is 0.385 e. The lowest BCUT2D eigenvalue weighted by atomic mass is 9.99. The number of hydrogen-bond donors (Lipinski definition) is 2. The van der Waals surface area contributed by atoms with E-state index < -0.39 is 0 Å². The molecule has 1 aliphatic rings. The van der Waals surface area contributed by atoms with Gasteiger partial charge in [-0.3, -0.25) is 0 Å². The first kappa shape index (κ1) is 14.4. The molecule has 0 aliphatic carbocycles. The molecule has 2 rings (SSSR count). The van der Waals surface area contributed by atoms with Gasteiger partial charge >= 0.3 is 0 Å². The van der Waals surface area contributed by atoms with Crippen molar-refractivity contribution in [3.63, 3.8) is 0 Å². The van der Waals surface area contributed by atoms with Crippen LogP contribution >= 0.6 is 0 Å². The van der Waals surface area contributed by atoms with Crippen molar-refractivity contribution < 1.29 is 0 Å². The molecule has 0 saturated heterocycles. The van der Waals surface area contributed by atoms with Crippen LogP contribution in [-0.2, 0) is 13.0 Å². The highest BCUT2D eigenvalue weighted by atomic mass is 15.2. The number of fused-ring (bicyclic) bond motifs is 1. The molecule has 0 spiro atoms. The highest BCUT2D eigenvalue weighted by Crippen LogP contribution is 2.25. The molecule has 0 aromatic heterocycles. The first-order valence-electron chi connectivity index (χ1n) is 7.23. The maximum Gasteiger partial charge on any atom is 0.0418 e. The predicted molar refractivity (Wildman–Crippen MR) is 82.7 cm³/mol. The standard InChI is InChI=1S/C16H27N3/c1-16(2,19(3)4)12-17-11-14-8-5-7-13-9-6-10-18-15(13)14/h5,7-8,17-18H,6,9-12H2,1-4H3. The molecule has 19 heavy (non-hydrogen) atoms. The van der Waals surface area contributed by atoms with E-state index >= 15 is 0 Å². The lowest BCUT2D eigenvalue weighted by Gasteiger charge is -2.33. The van der Waals surface area contributed by atoms with Crippen molar-refractivity contribution in [3.05, 3.63) is 29.3 Å². The van der Waals surface area contributed by atoms with Crippen LogP contribution in [0.3, 0.4) is 0 Å². The van der Waals surface area contributed by atoms with Crippen LogP contribution in [0.5, 0.6) is 0 Å². The van der Waals surface area contributed by atoms with Gasteiger partial charge < -0.3 is 15.5 Å². The Morgan fingerprint density at radius 3 is 2.84 bits per heavy atom. The molecule has 1 heterocycles. The van der Waals surface area contributed by atoms with E-state index in [4.69, 9.17) is 0 Å². The zero-order valence-electron chi connectivity index (χ0n) is 12.7. The number of nitrogens with one attached hydrogen (secondary N) is 2. The van der Waals surface area contributed by atoms with Crippen LogP contribution < -0.4 is 10.6 Å². The number of anilines is 1. The Hall–Kier alpha value is -1.06. The number of benzene rings is 1. The molecule has 1 aromatic carbocycles. The third-order valence-electron chi connectivity index (χ3n) is 4.25. The van der Waals surface area contributed by atoms with Crippen LogP contribution in [0.25, 0.3) is 0 Å². The highest BCUT2D eigenvalue weighted by Gasteiger charge is 2.20. The minimum absolute atomic E-state index is 0.183. The van der Waals surface area contributed by atoms with Gasteiger partial charge in [0.2, 0.25) is 0 Å². The third kappa shape index (κ3) is 3.48. The van der Waals surface area contributed by atoms with E-state index in [2.05, 4.69) is 61.7 Å². The average molecular weight is 261 g/mol. The Kier molecular flexibility index (Phi) is 4.48. The Labute approximate surface area is 117 Å². The molecule has 0 fully saturated rings. The SMILES string of the molecule is CN(C)C(C)(C)CNCc1cccc2c1NCCC2. The summed E-state index contributed by atoms with van der Waals surface area (Å²) in [7, 11) is 4.27. The molecule has 0 bridgehead atoms. The summed E-state index contributed by atoms with van der Waals surface area (Å²) in [5.41, 5.74) is 4.41. The molecule has 2 N–H and O–H groups in total. The zero-order valence-corrected chi connectivity index (χ0v) is 12.7. The molecule has 0 radical (unpaired) electrons. The van der Waals surface area contributed by atoms with Gasteiger partial charge in [0.25, 0.3) is 0 Å². The molecule has 1 aromatic rings. The van der Waals surface area contributed by atoms with Gasteiger partial charge in [-0.25, -0.2) is 0 Å². The van der Waals surface area contributed by atoms with Gasteiger partial charge in [-0.05, 0) is 51.9 Å². The Morgan fingerprint density at radius 2 is 2.11 bits per heavy atom. The first-order chi connectivity index (χ1) is 9.00. The topological polar surface area (TPSA) is 27.3 Å². The van der Waals surface area contributed by atoms with Crippen molar-refractivity contribution in [1.82, 2.24) is 10.2 Å². The number of hydrogen-bond acceptors (Lipinski definition) is 3. The van der Waals surface area contributed by atoms with Gasteiger partial charge in [-0.2, -0.15) is 0 Å². The number of para-hydroxylation sites is 1. The van der Waals surface area contributed by atoms with Gasteiger partial charge in [0.15, 0.2) is 0 Å². The molecule has 106 valence electrons. The summed E-state index contributed by atoms with van der Waals surface area (Å²) < 4.78 is 0. The second-order valence-electron chi connectivity index (χ2n) is 6.29. The fraction of sp³-hybridized carbons (Fsp3) is 0.625. The van der Waals surface area contributed by atoms with E-state index in [0.29, 0.717) is 0 Å². The van der Waals surface area contributed by atoms with E-state index in [0.717, 1.165) is 19.6 Å². The predicted octanol–water partition coefficient (Wildman–Crippen LogP) is 2.47. The molecule has 0 saturated carbocycles. The van der Waals surface area contributed by atoms with Crippen molar-refractivity contribution in [3.8, 4) is 0 Å². The normalized spacial score (nSPS) is 15.2. The molecule has 0 amide bonds. The summed E-state index contributed by atoms with van der Waals surface area (Å²) in [6.45, 7) is 7.56. The van der Waals surface area contributed by atoms with Crippen LogP contribution in [0, 0.1) is 0 Å². The fourth-order valence-electron chi connectivity index (χ4n) is 2.39. The summed E-state index contributed by atoms with van der Waals surface area (Å²) in [5, 5.41) is 7.14. The summed E-state index contributed by atoms with van der Waals surface area (Å²) in [6.07, 6.45) is 2.46. The summed E-state index contributed by atoms with van der Waals surface area (Å²) in [5.74, 6) is 0. The maximum atomic E-state index is 3.59. The van der Waals surface area contributed by atoms with Crippen LogP contribution in [0.15, 0.2) is 18.2 Å². The van der Waals surface area contributed by atoms with E-state index in [1.165, 1.54) is 29.7 Å². The van der Waals surface area contributed by atoms with Crippen molar-refractivity contribution in [2.75, 3.05) is 32.5 Å². The van der Waals surface area contributed by atoms with Gasteiger partial charge in [0.05, 0.1) is 0 Å². The monoisotopic (exact) mass is 261 g/mol. The van der Waals surface area contributed by atoms with Crippen LogP contribution in [0.4, 0.5) is 5.69 Å².